The molecule has 92 valence electrons. The number of aromatic nitrogens is 2. The summed E-state index contributed by atoms with van der Waals surface area (Å²) < 4.78 is 1.33. The molecule has 1 aliphatic rings. The summed E-state index contributed by atoms with van der Waals surface area (Å²) in [6.45, 7) is 3.30. The Balaban J connectivity index is 1.98. The van der Waals surface area contributed by atoms with E-state index >= 15 is 0 Å². The minimum absolute atomic E-state index is 0.0202. The highest BCUT2D eigenvalue weighted by molar-refractivity contribution is 5.76. The fraction of sp³-hybridized carbons (Fsp3) is 0.545. The van der Waals surface area contributed by atoms with Gasteiger partial charge in [-0.05, 0) is 7.05 Å². The number of likely N-dealkylation sites (N-methyl/N-ethyl adjacent to an activating group) is 1. The average Bonchev–Trinajstić information content (AvgIpc) is 2.33. The van der Waals surface area contributed by atoms with Gasteiger partial charge in [-0.25, -0.2) is 4.98 Å². The van der Waals surface area contributed by atoms with Gasteiger partial charge in [-0.1, -0.05) is 0 Å². The molecule has 1 fully saturated rings. The van der Waals surface area contributed by atoms with Crippen molar-refractivity contribution in [2.75, 3.05) is 33.2 Å². The van der Waals surface area contributed by atoms with Crippen LogP contribution >= 0.6 is 0 Å². The second kappa shape index (κ2) is 5.09. The van der Waals surface area contributed by atoms with Gasteiger partial charge in [-0.15, -0.1) is 0 Å². The molecule has 1 amide bonds. The predicted molar refractivity (Wildman–Crippen MR) is 62.6 cm³/mol. The Labute approximate surface area is 99.5 Å². The SMILES string of the molecule is CN1CCN(C(=O)Cn2cnccc2=O)CC1. The molecule has 2 heterocycles. The monoisotopic (exact) mass is 236 g/mol. The molecule has 0 aromatic carbocycles. The molecule has 0 unspecified atom stereocenters. The third-order valence-corrected chi connectivity index (χ3v) is 2.95. The van der Waals surface area contributed by atoms with Crippen molar-refractivity contribution < 1.29 is 4.79 Å². The molecule has 2 rings (SSSR count). The Bertz CT molecular complexity index is 449. The Morgan fingerprint density at radius 1 is 1.35 bits per heavy atom. The molecule has 1 aromatic rings. The van der Waals surface area contributed by atoms with Gasteiger partial charge in [0.1, 0.15) is 6.54 Å². The summed E-state index contributed by atoms with van der Waals surface area (Å²) in [5.74, 6) is -0.0202. The third kappa shape index (κ3) is 2.91. The Hall–Kier alpha value is -1.69. The summed E-state index contributed by atoms with van der Waals surface area (Å²) in [7, 11) is 2.04. The molecule has 1 aliphatic heterocycles. The van der Waals surface area contributed by atoms with E-state index in [-0.39, 0.29) is 18.0 Å². The molecule has 1 saturated heterocycles. The predicted octanol–water partition coefficient (Wildman–Crippen LogP) is -0.983. The van der Waals surface area contributed by atoms with E-state index in [0.29, 0.717) is 0 Å². The van der Waals surface area contributed by atoms with Crippen LogP contribution in [0.4, 0.5) is 0 Å². The van der Waals surface area contributed by atoms with Crippen LogP contribution in [0.25, 0.3) is 0 Å². The lowest BCUT2D eigenvalue weighted by Gasteiger charge is -2.32. The zero-order valence-electron chi connectivity index (χ0n) is 9.87. The molecule has 6 heteroatoms. The highest BCUT2D eigenvalue weighted by Crippen LogP contribution is 2.00. The van der Waals surface area contributed by atoms with E-state index in [2.05, 4.69) is 9.88 Å². The summed E-state index contributed by atoms with van der Waals surface area (Å²) >= 11 is 0. The number of amides is 1. The van der Waals surface area contributed by atoms with Crippen molar-refractivity contribution >= 4 is 5.91 Å². The van der Waals surface area contributed by atoms with E-state index in [9.17, 15) is 9.59 Å². The van der Waals surface area contributed by atoms with Crippen LogP contribution in [0.3, 0.4) is 0 Å². The molecule has 0 aliphatic carbocycles. The molecular formula is C11H16N4O2. The first kappa shape index (κ1) is 11.8. The summed E-state index contributed by atoms with van der Waals surface area (Å²) in [5, 5.41) is 0. The van der Waals surface area contributed by atoms with Gasteiger partial charge >= 0.3 is 0 Å². The largest absolute Gasteiger partial charge is 0.339 e. The highest BCUT2D eigenvalue weighted by atomic mass is 16.2. The molecular weight excluding hydrogens is 220 g/mol. The van der Waals surface area contributed by atoms with Crippen LogP contribution in [0.1, 0.15) is 0 Å². The van der Waals surface area contributed by atoms with Crippen LogP contribution in [0.5, 0.6) is 0 Å². The summed E-state index contributed by atoms with van der Waals surface area (Å²) in [5.41, 5.74) is -0.192. The van der Waals surface area contributed by atoms with E-state index in [1.807, 2.05) is 7.05 Å². The zero-order chi connectivity index (χ0) is 12.3. The Kier molecular flexibility index (Phi) is 3.53. The second-order valence-corrected chi connectivity index (χ2v) is 4.23. The van der Waals surface area contributed by atoms with E-state index < -0.39 is 0 Å². The van der Waals surface area contributed by atoms with Crippen molar-refractivity contribution in [1.82, 2.24) is 19.4 Å². The number of piperazine rings is 1. The topological polar surface area (TPSA) is 58.4 Å². The second-order valence-electron chi connectivity index (χ2n) is 4.23. The molecule has 0 radical (unpaired) electrons. The van der Waals surface area contributed by atoms with E-state index in [1.54, 1.807) is 4.90 Å². The van der Waals surface area contributed by atoms with Crippen LogP contribution in [-0.4, -0.2) is 58.5 Å². The molecule has 0 saturated carbocycles. The van der Waals surface area contributed by atoms with E-state index in [1.165, 1.54) is 23.2 Å². The van der Waals surface area contributed by atoms with Crippen molar-refractivity contribution in [2.45, 2.75) is 6.54 Å². The average molecular weight is 236 g/mol. The van der Waals surface area contributed by atoms with E-state index in [4.69, 9.17) is 0 Å². The highest BCUT2D eigenvalue weighted by Gasteiger charge is 2.19. The standard InChI is InChI=1S/C11H16N4O2/c1-13-4-6-14(7-5-13)11(17)8-15-9-12-3-2-10(15)16/h2-3,9H,4-8H2,1H3. The number of rotatable bonds is 2. The minimum Gasteiger partial charge on any atom is -0.339 e. The van der Waals surface area contributed by atoms with Crippen molar-refractivity contribution in [2.24, 2.45) is 0 Å². The van der Waals surface area contributed by atoms with Crippen LogP contribution in [0.2, 0.25) is 0 Å². The number of hydrogen-bond donors (Lipinski definition) is 0. The lowest BCUT2D eigenvalue weighted by Crippen LogP contribution is -2.48. The molecule has 1 aromatic heterocycles. The summed E-state index contributed by atoms with van der Waals surface area (Å²) in [4.78, 5) is 31.2. The third-order valence-electron chi connectivity index (χ3n) is 2.95. The number of carbonyl (C=O) groups excluding carboxylic acids is 1. The number of hydrogen-bond acceptors (Lipinski definition) is 4. The molecule has 6 nitrogen and oxygen atoms in total. The maximum Gasteiger partial charge on any atom is 0.253 e. The molecule has 0 N–H and O–H groups in total. The number of nitrogens with zero attached hydrogens (tertiary/aromatic N) is 4. The van der Waals surface area contributed by atoms with Crippen molar-refractivity contribution in [3.8, 4) is 0 Å². The van der Waals surface area contributed by atoms with Gasteiger partial charge in [0.15, 0.2) is 0 Å². The molecule has 0 atom stereocenters. The fourth-order valence-electron chi connectivity index (χ4n) is 1.80. The maximum atomic E-state index is 11.9. The zero-order valence-corrected chi connectivity index (χ0v) is 9.87. The van der Waals surface area contributed by atoms with Crippen molar-refractivity contribution in [1.29, 1.82) is 0 Å². The van der Waals surface area contributed by atoms with Crippen molar-refractivity contribution in [3.05, 3.63) is 28.9 Å². The van der Waals surface area contributed by atoms with Gasteiger partial charge < -0.3 is 9.80 Å². The lowest BCUT2D eigenvalue weighted by molar-refractivity contribution is -0.133. The van der Waals surface area contributed by atoms with Gasteiger partial charge in [-0.2, -0.15) is 0 Å². The van der Waals surface area contributed by atoms with Gasteiger partial charge in [0.25, 0.3) is 5.56 Å². The van der Waals surface area contributed by atoms with Gasteiger partial charge in [0, 0.05) is 38.4 Å². The first-order chi connectivity index (χ1) is 8.16. The van der Waals surface area contributed by atoms with E-state index in [0.717, 1.165) is 26.2 Å². The van der Waals surface area contributed by atoms with Gasteiger partial charge in [0.05, 0.1) is 6.33 Å². The van der Waals surface area contributed by atoms with Crippen LogP contribution in [0.15, 0.2) is 23.4 Å². The molecule has 17 heavy (non-hydrogen) atoms. The maximum absolute atomic E-state index is 11.9. The summed E-state index contributed by atoms with van der Waals surface area (Å²) in [6, 6.07) is 1.36. The molecule has 0 spiro atoms. The quantitative estimate of drug-likeness (QED) is 0.662. The van der Waals surface area contributed by atoms with Crippen molar-refractivity contribution in [3.63, 3.8) is 0 Å². The first-order valence-electron chi connectivity index (χ1n) is 5.63. The number of carbonyl (C=O) groups is 1. The van der Waals surface area contributed by atoms with Crippen LogP contribution in [-0.2, 0) is 11.3 Å². The van der Waals surface area contributed by atoms with Crippen LogP contribution in [0, 0.1) is 0 Å². The minimum atomic E-state index is -0.192. The lowest BCUT2D eigenvalue weighted by atomic mass is 10.3. The first-order valence-corrected chi connectivity index (χ1v) is 5.63. The smallest absolute Gasteiger partial charge is 0.253 e. The van der Waals surface area contributed by atoms with Gasteiger partial charge in [-0.3, -0.25) is 14.2 Å². The fourth-order valence-corrected chi connectivity index (χ4v) is 1.80. The normalized spacial score (nSPS) is 17.1. The van der Waals surface area contributed by atoms with Crippen LogP contribution < -0.4 is 5.56 Å². The Morgan fingerprint density at radius 2 is 2.06 bits per heavy atom. The molecule has 0 bridgehead atoms. The van der Waals surface area contributed by atoms with Gasteiger partial charge in [0.2, 0.25) is 5.91 Å². The summed E-state index contributed by atoms with van der Waals surface area (Å²) in [6.07, 6.45) is 2.83. The Morgan fingerprint density at radius 3 is 2.71 bits per heavy atom.